The van der Waals surface area contributed by atoms with Crippen molar-refractivity contribution in [3.8, 4) is 22.8 Å². The van der Waals surface area contributed by atoms with E-state index >= 15 is 0 Å². The van der Waals surface area contributed by atoms with Gasteiger partial charge in [-0.05, 0) is 42.8 Å². The number of sulfone groups is 1. The Kier molecular flexibility index (Phi) is 6.07. The van der Waals surface area contributed by atoms with Crippen molar-refractivity contribution in [2.75, 3.05) is 6.26 Å². The zero-order chi connectivity index (χ0) is 22.1. The van der Waals surface area contributed by atoms with Crippen molar-refractivity contribution >= 4 is 9.84 Å². The molecule has 30 heavy (non-hydrogen) atoms. The Morgan fingerprint density at radius 2 is 1.67 bits per heavy atom. The molecule has 0 aliphatic rings. The van der Waals surface area contributed by atoms with Gasteiger partial charge in [0, 0.05) is 29.9 Å². The van der Waals surface area contributed by atoms with Gasteiger partial charge in [0.25, 0.3) is 0 Å². The summed E-state index contributed by atoms with van der Waals surface area (Å²) >= 11 is 0. The molecule has 0 bridgehead atoms. The number of rotatable bonds is 6. The lowest BCUT2D eigenvalue weighted by atomic mass is 10.1. The van der Waals surface area contributed by atoms with Gasteiger partial charge in [0.1, 0.15) is 11.6 Å². The maximum atomic E-state index is 14.1. The molecule has 2 aromatic carbocycles. The predicted molar refractivity (Wildman–Crippen MR) is 109 cm³/mol. The molecule has 0 aliphatic heterocycles. The summed E-state index contributed by atoms with van der Waals surface area (Å²) in [4.78, 5) is 13.2. The van der Waals surface area contributed by atoms with Gasteiger partial charge in [-0.3, -0.25) is 4.79 Å². The Morgan fingerprint density at radius 3 is 2.20 bits per heavy atom. The van der Waals surface area contributed by atoms with E-state index in [-0.39, 0.29) is 22.2 Å². The molecule has 0 amide bonds. The molecule has 0 saturated heterocycles. The molecule has 0 fully saturated rings. The topological polar surface area (TPSA) is 73.6 Å². The molecule has 0 atom stereocenters. The maximum absolute atomic E-state index is 14.1. The summed E-state index contributed by atoms with van der Waals surface area (Å²) in [6.45, 7) is 3.61. The Bertz CT molecular complexity index is 1250. The van der Waals surface area contributed by atoms with E-state index < -0.39 is 26.9 Å². The number of hydrogen-bond acceptors (Lipinski definition) is 5. The number of benzene rings is 2. The van der Waals surface area contributed by atoms with Crippen LogP contribution in [0.15, 0.2) is 56.6 Å². The average molecular weight is 434 g/mol. The summed E-state index contributed by atoms with van der Waals surface area (Å²) in [5.74, 6) is -1.83. The van der Waals surface area contributed by atoms with Gasteiger partial charge in [-0.25, -0.2) is 17.2 Å². The Balaban J connectivity index is 2.22. The molecule has 0 saturated carbocycles. The van der Waals surface area contributed by atoms with E-state index in [0.717, 1.165) is 18.4 Å². The van der Waals surface area contributed by atoms with Gasteiger partial charge in [0.2, 0.25) is 11.2 Å². The van der Waals surface area contributed by atoms with Crippen molar-refractivity contribution in [2.45, 2.75) is 31.6 Å². The number of aryl methyl sites for hydroxylation is 1. The highest BCUT2D eigenvalue weighted by atomic mass is 32.2. The van der Waals surface area contributed by atoms with Crippen LogP contribution in [-0.4, -0.2) is 14.7 Å². The van der Waals surface area contributed by atoms with E-state index in [1.165, 1.54) is 24.3 Å². The SMILES string of the molecule is CCc1oc(-c2ccc(S(C)(=O)=O)cc2)c(Oc2ccc(F)cc2F)c(=O)c1CC. The van der Waals surface area contributed by atoms with Crippen molar-refractivity contribution in [1.82, 2.24) is 0 Å². The first-order chi connectivity index (χ1) is 14.2. The fraction of sp³-hybridized carbons (Fsp3) is 0.227. The van der Waals surface area contributed by atoms with Crippen LogP contribution >= 0.6 is 0 Å². The van der Waals surface area contributed by atoms with Gasteiger partial charge in [-0.15, -0.1) is 0 Å². The normalized spacial score (nSPS) is 11.5. The molecule has 0 aliphatic carbocycles. The van der Waals surface area contributed by atoms with Crippen molar-refractivity contribution in [3.05, 3.63) is 75.6 Å². The Morgan fingerprint density at radius 1 is 1.00 bits per heavy atom. The summed E-state index contributed by atoms with van der Waals surface area (Å²) in [5.41, 5.74) is 0.312. The molecule has 158 valence electrons. The van der Waals surface area contributed by atoms with Crippen molar-refractivity contribution in [1.29, 1.82) is 0 Å². The maximum Gasteiger partial charge on any atom is 0.231 e. The number of hydrogen-bond donors (Lipinski definition) is 0. The van der Waals surface area contributed by atoms with Gasteiger partial charge in [0.05, 0.1) is 4.90 Å². The molecule has 0 radical (unpaired) electrons. The molecule has 5 nitrogen and oxygen atoms in total. The molecule has 0 N–H and O–H groups in total. The van der Waals surface area contributed by atoms with Gasteiger partial charge >= 0.3 is 0 Å². The summed E-state index contributed by atoms with van der Waals surface area (Å²) in [6.07, 6.45) is 1.90. The molecule has 3 aromatic rings. The molecule has 3 rings (SSSR count). The Hall–Kier alpha value is -3.00. The lowest BCUT2D eigenvalue weighted by Crippen LogP contribution is -2.15. The third-order valence-electron chi connectivity index (χ3n) is 4.57. The molecule has 8 heteroatoms. The zero-order valence-electron chi connectivity index (χ0n) is 16.7. The van der Waals surface area contributed by atoms with Gasteiger partial charge in [-0.2, -0.15) is 0 Å². The lowest BCUT2D eigenvalue weighted by Gasteiger charge is -2.15. The highest BCUT2D eigenvalue weighted by molar-refractivity contribution is 7.90. The largest absolute Gasteiger partial charge is 0.457 e. The summed E-state index contributed by atoms with van der Waals surface area (Å²) in [5, 5.41) is 0. The monoisotopic (exact) mass is 434 g/mol. The minimum atomic E-state index is -3.41. The van der Waals surface area contributed by atoms with E-state index in [9.17, 15) is 22.0 Å². The molecule has 0 unspecified atom stereocenters. The minimum absolute atomic E-state index is 0.0397. The van der Waals surface area contributed by atoms with Crippen LogP contribution in [0.1, 0.15) is 25.2 Å². The van der Waals surface area contributed by atoms with Crippen molar-refractivity contribution < 1.29 is 26.4 Å². The standard InChI is InChI=1S/C22H20F2O5S/c1-4-16-18(5-2)28-21(13-6-9-15(10-7-13)30(3,26)27)22(20(16)25)29-19-11-8-14(23)12-17(19)24/h6-12H,4-5H2,1-3H3. The van der Waals surface area contributed by atoms with Crippen LogP contribution in [0, 0.1) is 11.6 Å². The number of halogens is 2. The second-order valence-corrected chi connectivity index (χ2v) is 8.69. The van der Waals surface area contributed by atoms with Crippen LogP contribution < -0.4 is 10.2 Å². The summed E-state index contributed by atoms with van der Waals surface area (Å²) in [7, 11) is -3.41. The first kappa shape index (κ1) is 21.7. The highest BCUT2D eigenvalue weighted by Gasteiger charge is 2.22. The van der Waals surface area contributed by atoms with Crippen LogP contribution in [-0.2, 0) is 22.7 Å². The van der Waals surface area contributed by atoms with Gasteiger partial charge < -0.3 is 9.15 Å². The molecular weight excluding hydrogens is 414 g/mol. The average Bonchev–Trinajstić information content (AvgIpc) is 2.70. The fourth-order valence-corrected chi connectivity index (χ4v) is 3.68. The molecule has 1 aromatic heterocycles. The van der Waals surface area contributed by atoms with Crippen LogP contribution in [0.25, 0.3) is 11.3 Å². The Labute approximate surface area is 172 Å². The van der Waals surface area contributed by atoms with Gasteiger partial charge in [0.15, 0.2) is 27.2 Å². The van der Waals surface area contributed by atoms with Crippen molar-refractivity contribution in [3.63, 3.8) is 0 Å². The lowest BCUT2D eigenvalue weighted by molar-refractivity contribution is 0.406. The quantitative estimate of drug-likeness (QED) is 0.551. The summed E-state index contributed by atoms with van der Waals surface area (Å²) in [6, 6.07) is 8.47. The predicted octanol–water partition coefficient (Wildman–Crippen LogP) is 4.91. The second-order valence-electron chi connectivity index (χ2n) is 6.67. The van der Waals surface area contributed by atoms with Crippen LogP contribution in [0.5, 0.6) is 11.5 Å². The first-order valence-corrected chi connectivity index (χ1v) is 11.2. The van der Waals surface area contributed by atoms with Crippen molar-refractivity contribution in [2.24, 2.45) is 0 Å². The van der Waals surface area contributed by atoms with E-state index in [4.69, 9.17) is 9.15 Å². The van der Waals surface area contributed by atoms with E-state index in [0.29, 0.717) is 35.8 Å². The van der Waals surface area contributed by atoms with E-state index in [1.807, 2.05) is 6.92 Å². The van der Waals surface area contributed by atoms with Gasteiger partial charge in [-0.1, -0.05) is 13.8 Å². The van der Waals surface area contributed by atoms with E-state index in [1.54, 1.807) is 6.92 Å². The molecule has 0 spiro atoms. The van der Waals surface area contributed by atoms with Crippen LogP contribution in [0.4, 0.5) is 8.78 Å². The van der Waals surface area contributed by atoms with Crippen LogP contribution in [0.3, 0.4) is 0 Å². The molecule has 1 heterocycles. The van der Waals surface area contributed by atoms with E-state index in [2.05, 4.69) is 0 Å². The molecular formula is C22H20F2O5S. The highest BCUT2D eigenvalue weighted by Crippen LogP contribution is 2.34. The number of ether oxygens (including phenoxy) is 1. The zero-order valence-corrected chi connectivity index (χ0v) is 17.5. The first-order valence-electron chi connectivity index (χ1n) is 9.28. The third-order valence-corrected chi connectivity index (χ3v) is 5.70. The fourth-order valence-electron chi connectivity index (χ4n) is 3.05. The third kappa shape index (κ3) is 4.28. The summed E-state index contributed by atoms with van der Waals surface area (Å²) < 4.78 is 62.3. The second kappa shape index (κ2) is 8.39. The van der Waals surface area contributed by atoms with Crippen LogP contribution in [0.2, 0.25) is 0 Å². The smallest absolute Gasteiger partial charge is 0.231 e. The minimum Gasteiger partial charge on any atom is -0.457 e.